The molecule has 0 fully saturated rings. The van der Waals surface area contributed by atoms with Crippen molar-refractivity contribution >= 4 is 0 Å². The zero-order valence-corrected chi connectivity index (χ0v) is 13.1. The molecule has 0 aromatic rings. The lowest BCUT2D eigenvalue weighted by Gasteiger charge is -2.20. The molecule has 5 heteroatoms. The number of rotatable bonds is 14. The van der Waals surface area contributed by atoms with Gasteiger partial charge in [0.2, 0.25) is 0 Å². The van der Waals surface area contributed by atoms with Crippen molar-refractivity contribution in [3.63, 3.8) is 0 Å². The fraction of sp³-hybridized carbons (Fsp3) is 1.00. The largest absolute Gasteiger partial charge is 0.382 e. The van der Waals surface area contributed by atoms with Gasteiger partial charge in [-0.05, 0) is 40.4 Å². The Balaban J connectivity index is 3.03. The third kappa shape index (κ3) is 14.0. The van der Waals surface area contributed by atoms with Crippen LogP contribution < -0.4 is 5.32 Å². The Kier molecular flexibility index (Phi) is 14.1. The summed E-state index contributed by atoms with van der Waals surface area (Å²) in [5.74, 6) is 0. The van der Waals surface area contributed by atoms with Gasteiger partial charge in [0.1, 0.15) is 0 Å². The highest BCUT2D eigenvalue weighted by Crippen LogP contribution is 1.93. The molecule has 1 N–H and O–H groups in total. The van der Waals surface area contributed by atoms with Crippen LogP contribution in [0.25, 0.3) is 0 Å². The molecule has 0 rings (SSSR count). The van der Waals surface area contributed by atoms with Crippen LogP contribution in [0.2, 0.25) is 0 Å². The van der Waals surface area contributed by atoms with E-state index in [0.29, 0.717) is 32.5 Å². The zero-order chi connectivity index (χ0) is 14.3. The fourth-order valence-electron chi connectivity index (χ4n) is 1.45. The zero-order valence-electron chi connectivity index (χ0n) is 13.1. The van der Waals surface area contributed by atoms with Gasteiger partial charge in [0.15, 0.2) is 0 Å². The highest BCUT2D eigenvalue weighted by atomic mass is 16.5. The van der Waals surface area contributed by atoms with Gasteiger partial charge < -0.3 is 24.4 Å². The lowest BCUT2D eigenvalue weighted by atomic mass is 10.3. The van der Waals surface area contributed by atoms with Crippen molar-refractivity contribution in [1.29, 1.82) is 0 Å². The second kappa shape index (κ2) is 14.2. The molecule has 0 radical (unpaired) electrons. The molecule has 0 spiro atoms. The molecule has 0 aromatic carbocycles. The minimum Gasteiger partial charge on any atom is -0.382 e. The van der Waals surface area contributed by atoms with Crippen LogP contribution in [0.4, 0.5) is 0 Å². The summed E-state index contributed by atoms with van der Waals surface area (Å²) in [5, 5.41) is 3.38. The van der Waals surface area contributed by atoms with Crippen molar-refractivity contribution in [1.82, 2.24) is 10.2 Å². The third-order valence-corrected chi connectivity index (χ3v) is 2.97. The lowest BCUT2D eigenvalue weighted by molar-refractivity contribution is 0.0256. The molecule has 0 aliphatic heterocycles. The maximum atomic E-state index is 5.44. The molecule has 0 atom stereocenters. The highest BCUT2D eigenvalue weighted by Gasteiger charge is 2.01. The maximum absolute atomic E-state index is 5.44. The summed E-state index contributed by atoms with van der Waals surface area (Å²) in [7, 11) is 3.84. The Bertz CT molecular complexity index is 180. The molecule has 19 heavy (non-hydrogen) atoms. The molecule has 0 amide bonds. The summed E-state index contributed by atoms with van der Waals surface area (Å²) >= 11 is 0. The average Bonchev–Trinajstić information content (AvgIpc) is 2.39. The van der Waals surface area contributed by atoms with Crippen molar-refractivity contribution in [3.8, 4) is 0 Å². The molecule has 0 bridgehead atoms. The molecule has 0 saturated heterocycles. The summed E-state index contributed by atoms with van der Waals surface area (Å²) in [4.78, 5) is 2.36. The molecular weight excluding hydrogens is 244 g/mol. The van der Waals surface area contributed by atoms with Gasteiger partial charge in [-0.3, -0.25) is 0 Å². The van der Waals surface area contributed by atoms with Crippen LogP contribution in [-0.2, 0) is 14.2 Å². The van der Waals surface area contributed by atoms with Gasteiger partial charge in [-0.15, -0.1) is 0 Å². The average molecular weight is 276 g/mol. The van der Waals surface area contributed by atoms with E-state index in [1.165, 1.54) is 6.42 Å². The number of hydrogen-bond donors (Lipinski definition) is 1. The first kappa shape index (κ1) is 18.8. The Labute approximate surface area is 118 Å². The first-order valence-electron chi connectivity index (χ1n) is 7.24. The third-order valence-electron chi connectivity index (χ3n) is 2.97. The summed E-state index contributed by atoms with van der Waals surface area (Å²) < 4.78 is 15.6. The van der Waals surface area contributed by atoms with E-state index in [1.807, 2.05) is 0 Å². The minimum atomic E-state index is 0.626. The second-order valence-corrected chi connectivity index (χ2v) is 4.90. The van der Waals surface area contributed by atoms with E-state index in [2.05, 4.69) is 31.1 Å². The molecule has 0 unspecified atom stereocenters. The molecule has 0 saturated carbocycles. The van der Waals surface area contributed by atoms with E-state index >= 15 is 0 Å². The SMILES string of the molecule is COCCOCCOCCNCCCN(C)C(C)C. The van der Waals surface area contributed by atoms with Gasteiger partial charge in [0.25, 0.3) is 0 Å². The van der Waals surface area contributed by atoms with Crippen LogP contribution in [0, 0.1) is 0 Å². The highest BCUT2D eigenvalue weighted by molar-refractivity contribution is 4.58. The van der Waals surface area contributed by atoms with E-state index in [9.17, 15) is 0 Å². The summed E-state index contributed by atoms with van der Waals surface area (Å²) in [5.41, 5.74) is 0. The Morgan fingerprint density at radius 1 is 0.947 bits per heavy atom. The Morgan fingerprint density at radius 3 is 2.21 bits per heavy atom. The smallest absolute Gasteiger partial charge is 0.0701 e. The molecule has 116 valence electrons. The van der Waals surface area contributed by atoms with Crippen LogP contribution >= 0.6 is 0 Å². The van der Waals surface area contributed by atoms with Crippen molar-refractivity contribution in [2.75, 3.05) is 66.8 Å². The molecule has 0 aliphatic carbocycles. The Hall–Kier alpha value is -0.200. The lowest BCUT2D eigenvalue weighted by Crippen LogP contribution is -2.30. The predicted octanol–water partition coefficient (Wildman–Crippen LogP) is 0.986. The van der Waals surface area contributed by atoms with Gasteiger partial charge in [-0.25, -0.2) is 0 Å². The van der Waals surface area contributed by atoms with Crippen LogP contribution in [0.1, 0.15) is 20.3 Å². The van der Waals surface area contributed by atoms with E-state index in [-0.39, 0.29) is 0 Å². The minimum absolute atomic E-state index is 0.626. The number of hydrogen-bond acceptors (Lipinski definition) is 5. The van der Waals surface area contributed by atoms with Gasteiger partial charge >= 0.3 is 0 Å². The van der Waals surface area contributed by atoms with Crippen molar-refractivity contribution in [2.24, 2.45) is 0 Å². The van der Waals surface area contributed by atoms with Crippen LogP contribution in [0.5, 0.6) is 0 Å². The van der Waals surface area contributed by atoms with Gasteiger partial charge in [-0.1, -0.05) is 0 Å². The number of nitrogens with one attached hydrogen (secondary N) is 1. The first-order chi connectivity index (χ1) is 9.18. The van der Waals surface area contributed by atoms with Crippen molar-refractivity contribution in [2.45, 2.75) is 26.3 Å². The monoisotopic (exact) mass is 276 g/mol. The fourth-order valence-corrected chi connectivity index (χ4v) is 1.45. The van der Waals surface area contributed by atoms with Gasteiger partial charge in [0, 0.05) is 19.7 Å². The molecule has 0 aliphatic rings. The summed E-state index contributed by atoms with van der Waals surface area (Å²) in [6, 6.07) is 0.626. The molecular formula is C14H32N2O3. The van der Waals surface area contributed by atoms with Crippen LogP contribution in [0.15, 0.2) is 0 Å². The van der Waals surface area contributed by atoms with Crippen LogP contribution in [0.3, 0.4) is 0 Å². The number of methoxy groups -OCH3 is 1. The Morgan fingerprint density at radius 2 is 1.58 bits per heavy atom. The number of nitrogens with zero attached hydrogens (tertiary/aromatic N) is 1. The topological polar surface area (TPSA) is 43.0 Å². The van der Waals surface area contributed by atoms with Gasteiger partial charge in [-0.2, -0.15) is 0 Å². The quantitative estimate of drug-likeness (QED) is 0.479. The van der Waals surface area contributed by atoms with Crippen LogP contribution in [-0.4, -0.2) is 77.8 Å². The first-order valence-corrected chi connectivity index (χ1v) is 7.24. The van der Waals surface area contributed by atoms with Crippen molar-refractivity contribution in [3.05, 3.63) is 0 Å². The van der Waals surface area contributed by atoms with E-state index in [0.717, 1.165) is 26.2 Å². The summed E-state index contributed by atoms with van der Waals surface area (Å²) in [6.07, 6.45) is 1.18. The van der Waals surface area contributed by atoms with E-state index < -0.39 is 0 Å². The summed E-state index contributed by atoms with van der Waals surface area (Å²) in [6.45, 7) is 10.9. The standard InChI is InChI=1S/C14H32N2O3/c1-14(2)16(3)8-5-6-15-7-9-18-12-13-19-11-10-17-4/h14-15H,5-13H2,1-4H3. The van der Waals surface area contributed by atoms with Crippen molar-refractivity contribution < 1.29 is 14.2 Å². The van der Waals surface area contributed by atoms with E-state index in [1.54, 1.807) is 7.11 Å². The maximum Gasteiger partial charge on any atom is 0.0701 e. The number of ether oxygens (including phenoxy) is 3. The normalized spacial score (nSPS) is 11.7. The predicted molar refractivity (Wildman–Crippen MR) is 78.8 cm³/mol. The second-order valence-electron chi connectivity index (χ2n) is 4.90. The molecule has 0 aromatic heterocycles. The molecule has 0 heterocycles. The van der Waals surface area contributed by atoms with Gasteiger partial charge in [0.05, 0.1) is 33.0 Å². The van der Waals surface area contributed by atoms with E-state index in [4.69, 9.17) is 14.2 Å². The molecule has 5 nitrogen and oxygen atoms in total.